The van der Waals surface area contributed by atoms with Gasteiger partial charge < -0.3 is 9.29 Å². The van der Waals surface area contributed by atoms with E-state index >= 15 is 0 Å². The Morgan fingerprint density at radius 2 is 2.05 bits per heavy atom. The van der Waals surface area contributed by atoms with Crippen molar-refractivity contribution in [1.29, 1.82) is 0 Å². The van der Waals surface area contributed by atoms with Gasteiger partial charge in [-0.1, -0.05) is 13.0 Å². The molecular weight excluding hydrogens is 284 g/mol. The monoisotopic (exact) mass is 298 g/mol. The molecule has 1 N–H and O–H groups in total. The summed E-state index contributed by atoms with van der Waals surface area (Å²) < 4.78 is 29.7. The van der Waals surface area contributed by atoms with E-state index in [1.165, 1.54) is 17.4 Å². The fourth-order valence-corrected chi connectivity index (χ4v) is 4.13. The Balaban J connectivity index is 2.54. The summed E-state index contributed by atoms with van der Waals surface area (Å²) >= 11 is 1.20. The van der Waals surface area contributed by atoms with Crippen LogP contribution in [0.3, 0.4) is 0 Å². The fraction of sp³-hybridized carbons (Fsp3) is 0.231. The van der Waals surface area contributed by atoms with Crippen LogP contribution in [0, 0.1) is 6.92 Å². The number of thiophene rings is 1. The number of phenolic OH excluding ortho intramolecular Hbond substituents is 1. The van der Waals surface area contributed by atoms with Gasteiger partial charge in [0.2, 0.25) is 0 Å². The zero-order chi connectivity index (χ0) is 14.0. The van der Waals surface area contributed by atoms with Crippen molar-refractivity contribution in [3.63, 3.8) is 0 Å². The van der Waals surface area contributed by atoms with Gasteiger partial charge in [-0.2, -0.15) is 8.42 Å². The number of rotatable bonds is 4. The third-order valence-electron chi connectivity index (χ3n) is 2.72. The maximum atomic E-state index is 12.3. The molecule has 0 saturated carbocycles. The number of phenols is 1. The lowest BCUT2D eigenvalue weighted by molar-refractivity contribution is 0.460. The van der Waals surface area contributed by atoms with E-state index in [1.54, 1.807) is 37.4 Å². The molecule has 0 fully saturated rings. The molecule has 0 bridgehead atoms. The lowest BCUT2D eigenvalue weighted by Gasteiger charge is -2.13. The Hall–Kier alpha value is -1.53. The number of hydrogen-bond donors (Lipinski definition) is 1. The summed E-state index contributed by atoms with van der Waals surface area (Å²) in [6, 6.07) is 6.37. The molecule has 4 nitrogen and oxygen atoms in total. The molecule has 0 unspecified atom stereocenters. The zero-order valence-corrected chi connectivity index (χ0v) is 12.2. The molecule has 0 amide bonds. The Morgan fingerprint density at radius 3 is 2.63 bits per heavy atom. The molecule has 2 aromatic rings. The highest BCUT2D eigenvalue weighted by Crippen LogP contribution is 2.31. The maximum absolute atomic E-state index is 12.3. The standard InChI is InChI=1S/C13H14O4S2/c1-3-10-11(14)7-6-9(2)13(10)19(15,16)17-12-5-4-8-18-12/h4-8,14H,3H2,1-2H3. The summed E-state index contributed by atoms with van der Waals surface area (Å²) in [6.07, 6.45) is 0.413. The molecule has 0 spiro atoms. The van der Waals surface area contributed by atoms with Gasteiger partial charge in [-0.3, -0.25) is 0 Å². The van der Waals surface area contributed by atoms with Crippen molar-refractivity contribution in [1.82, 2.24) is 0 Å². The smallest absolute Gasteiger partial charge is 0.340 e. The van der Waals surface area contributed by atoms with Crippen molar-refractivity contribution < 1.29 is 17.7 Å². The largest absolute Gasteiger partial charge is 0.508 e. The first-order valence-electron chi connectivity index (χ1n) is 5.75. The molecule has 0 aliphatic heterocycles. The third kappa shape index (κ3) is 2.74. The van der Waals surface area contributed by atoms with Gasteiger partial charge in [0.25, 0.3) is 0 Å². The van der Waals surface area contributed by atoms with Crippen LogP contribution < -0.4 is 4.18 Å². The van der Waals surface area contributed by atoms with E-state index in [0.29, 0.717) is 22.6 Å². The normalized spacial score (nSPS) is 11.5. The predicted molar refractivity (Wildman–Crippen MR) is 74.4 cm³/mol. The second-order valence-electron chi connectivity index (χ2n) is 4.03. The topological polar surface area (TPSA) is 63.6 Å². The van der Waals surface area contributed by atoms with E-state index in [-0.39, 0.29) is 10.6 Å². The van der Waals surface area contributed by atoms with Crippen molar-refractivity contribution in [2.24, 2.45) is 0 Å². The van der Waals surface area contributed by atoms with Crippen molar-refractivity contribution in [2.45, 2.75) is 25.2 Å². The molecule has 0 radical (unpaired) electrons. The third-order valence-corrected chi connectivity index (χ3v) is 5.04. The quantitative estimate of drug-likeness (QED) is 0.881. The summed E-state index contributed by atoms with van der Waals surface area (Å²) in [6.45, 7) is 3.47. The van der Waals surface area contributed by atoms with E-state index in [1.807, 2.05) is 0 Å². The van der Waals surface area contributed by atoms with E-state index in [4.69, 9.17) is 4.18 Å². The SMILES string of the molecule is CCc1c(O)ccc(C)c1S(=O)(=O)Oc1cccs1. The average Bonchev–Trinajstić information content (AvgIpc) is 2.83. The van der Waals surface area contributed by atoms with Gasteiger partial charge in [0.1, 0.15) is 10.6 Å². The van der Waals surface area contributed by atoms with E-state index < -0.39 is 10.1 Å². The van der Waals surface area contributed by atoms with Gasteiger partial charge in [0, 0.05) is 5.56 Å². The van der Waals surface area contributed by atoms with Gasteiger partial charge in [-0.15, -0.1) is 11.3 Å². The van der Waals surface area contributed by atoms with Crippen LogP contribution in [0.1, 0.15) is 18.1 Å². The summed E-state index contributed by atoms with van der Waals surface area (Å²) in [4.78, 5) is 0.0587. The molecule has 2 rings (SSSR count). The van der Waals surface area contributed by atoms with Gasteiger partial charge in [0.15, 0.2) is 5.06 Å². The lowest BCUT2D eigenvalue weighted by Crippen LogP contribution is -2.13. The lowest BCUT2D eigenvalue weighted by atomic mass is 10.1. The van der Waals surface area contributed by atoms with Gasteiger partial charge in [0.05, 0.1) is 0 Å². The molecule has 1 aromatic carbocycles. The minimum Gasteiger partial charge on any atom is -0.508 e. The van der Waals surface area contributed by atoms with E-state index in [9.17, 15) is 13.5 Å². The number of hydrogen-bond acceptors (Lipinski definition) is 5. The summed E-state index contributed by atoms with van der Waals surface area (Å²) in [5.74, 6) is -0.0264. The van der Waals surface area contributed by atoms with E-state index in [0.717, 1.165) is 0 Å². The summed E-state index contributed by atoms with van der Waals surface area (Å²) in [5, 5.41) is 11.8. The molecule has 6 heteroatoms. The Labute approximate surface area is 116 Å². The fourth-order valence-electron chi connectivity index (χ4n) is 1.88. The van der Waals surface area contributed by atoms with Gasteiger partial charge >= 0.3 is 10.1 Å². The van der Waals surface area contributed by atoms with Crippen molar-refractivity contribution >= 4 is 21.5 Å². The van der Waals surface area contributed by atoms with Crippen molar-refractivity contribution in [3.05, 3.63) is 40.8 Å². The van der Waals surface area contributed by atoms with Gasteiger partial charge in [-0.05, 0) is 42.5 Å². The first-order valence-corrected chi connectivity index (χ1v) is 8.04. The molecule has 102 valence electrons. The predicted octanol–water partition coefficient (Wildman–Crippen LogP) is 3.09. The Bertz CT molecular complexity index is 673. The summed E-state index contributed by atoms with van der Waals surface area (Å²) in [7, 11) is -3.93. The first kappa shape index (κ1) is 13.9. The highest BCUT2D eigenvalue weighted by Gasteiger charge is 2.25. The molecular formula is C13H14O4S2. The van der Waals surface area contributed by atoms with Crippen LogP contribution in [0.25, 0.3) is 0 Å². The minimum absolute atomic E-state index is 0.0264. The second kappa shape index (κ2) is 5.22. The zero-order valence-electron chi connectivity index (χ0n) is 10.6. The first-order chi connectivity index (χ1) is 8.95. The highest BCUT2D eigenvalue weighted by molar-refractivity contribution is 7.87. The van der Waals surface area contributed by atoms with Crippen molar-refractivity contribution in [2.75, 3.05) is 0 Å². The number of aromatic hydroxyl groups is 1. The van der Waals surface area contributed by atoms with Crippen molar-refractivity contribution in [3.8, 4) is 10.8 Å². The molecule has 1 aromatic heterocycles. The van der Waals surface area contributed by atoms with Crippen LogP contribution >= 0.6 is 11.3 Å². The number of benzene rings is 1. The molecule has 0 atom stereocenters. The Kier molecular flexibility index (Phi) is 3.82. The number of aryl methyl sites for hydroxylation is 1. The Morgan fingerprint density at radius 1 is 1.32 bits per heavy atom. The maximum Gasteiger partial charge on any atom is 0.340 e. The van der Waals surface area contributed by atoms with E-state index in [2.05, 4.69) is 0 Å². The minimum atomic E-state index is -3.93. The highest BCUT2D eigenvalue weighted by atomic mass is 32.2. The van der Waals surface area contributed by atoms with Crippen LogP contribution in [0.2, 0.25) is 0 Å². The summed E-state index contributed by atoms with van der Waals surface area (Å²) in [5.41, 5.74) is 0.947. The second-order valence-corrected chi connectivity index (χ2v) is 6.43. The van der Waals surface area contributed by atoms with Gasteiger partial charge in [-0.25, -0.2) is 0 Å². The van der Waals surface area contributed by atoms with Crippen LogP contribution in [0.15, 0.2) is 34.5 Å². The van der Waals surface area contributed by atoms with Crippen LogP contribution in [0.5, 0.6) is 10.8 Å². The molecule has 1 heterocycles. The van der Waals surface area contributed by atoms with Crippen LogP contribution in [0.4, 0.5) is 0 Å². The molecule has 19 heavy (non-hydrogen) atoms. The molecule has 0 aliphatic carbocycles. The van der Waals surface area contributed by atoms with Crippen LogP contribution in [-0.2, 0) is 16.5 Å². The molecule has 0 saturated heterocycles. The average molecular weight is 298 g/mol. The van der Waals surface area contributed by atoms with Crippen LogP contribution in [-0.4, -0.2) is 13.5 Å². The molecule has 0 aliphatic rings.